The van der Waals surface area contributed by atoms with Crippen LogP contribution >= 0.6 is 11.8 Å². The van der Waals surface area contributed by atoms with Crippen molar-refractivity contribution in [3.63, 3.8) is 0 Å². The van der Waals surface area contributed by atoms with Crippen molar-refractivity contribution in [1.82, 2.24) is 5.32 Å². The summed E-state index contributed by atoms with van der Waals surface area (Å²) in [6, 6.07) is 7.36. The van der Waals surface area contributed by atoms with E-state index in [0.29, 0.717) is 18.5 Å². The third kappa shape index (κ3) is 4.28. The van der Waals surface area contributed by atoms with E-state index in [2.05, 4.69) is 5.32 Å². The molecule has 2 N–H and O–H groups in total. The molecular formula is C14H19NO3S. The predicted octanol–water partition coefficient (Wildman–Crippen LogP) is 2.64. The van der Waals surface area contributed by atoms with Crippen molar-refractivity contribution in [3.8, 4) is 0 Å². The van der Waals surface area contributed by atoms with Crippen molar-refractivity contribution >= 4 is 23.6 Å². The second kappa shape index (κ2) is 6.61. The standard InChI is InChI=1S/C14H19NO3S/c1-14(2,13(17)18)8-9-15-12(16)10-6-4-5-7-11(10)19-3/h4-7H,8-9H2,1-3H3,(H,15,16)(H,17,18). The highest BCUT2D eigenvalue weighted by Gasteiger charge is 2.26. The van der Waals surface area contributed by atoms with Crippen LogP contribution in [0.15, 0.2) is 29.2 Å². The molecule has 0 atom stereocenters. The lowest BCUT2D eigenvalue weighted by molar-refractivity contribution is -0.147. The number of carbonyl (C=O) groups is 2. The van der Waals surface area contributed by atoms with E-state index in [0.717, 1.165) is 4.90 Å². The van der Waals surface area contributed by atoms with Crippen LogP contribution in [0.4, 0.5) is 0 Å². The minimum Gasteiger partial charge on any atom is -0.481 e. The molecule has 104 valence electrons. The fourth-order valence-corrected chi connectivity index (χ4v) is 2.12. The summed E-state index contributed by atoms with van der Waals surface area (Å²) in [6.07, 6.45) is 2.31. The van der Waals surface area contributed by atoms with Crippen molar-refractivity contribution in [3.05, 3.63) is 29.8 Å². The average molecular weight is 281 g/mol. The Labute approximate surface area is 117 Å². The van der Waals surface area contributed by atoms with Crippen LogP contribution in [-0.4, -0.2) is 29.8 Å². The van der Waals surface area contributed by atoms with Crippen molar-refractivity contribution in [1.29, 1.82) is 0 Å². The lowest BCUT2D eigenvalue weighted by Gasteiger charge is -2.19. The predicted molar refractivity (Wildman–Crippen MR) is 76.6 cm³/mol. The monoisotopic (exact) mass is 281 g/mol. The van der Waals surface area contributed by atoms with E-state index in [1.807, 2.05) is 24.5 Å². The van der Waals surface area contributed by atoms with Crippen molar-refractivity contribution in [2.75, 3.05) is 12.8 Å². The van der Waals surface area contributed by atoms with Crippen LogP contribution in [0.1, 0.15) is 30.6 Å². The van der Waals surface area contributed by atoms with Crippen molar-refractivity contribution < 1.29 is 14.7 Å². The van der Waals surface area contributed by atoms with Gasteiger partial charge in [-0.3, -0.25) is 9.59 Å². The van der Waals surface area contributed by atoms with Gasteiger partial charge in [0.05, 0.1) is 11.0 Å². The van der Waals surface area contributed by atoms with Gasteiger partial charge in [-0.2, -0.15) is 0 Å². The minimum absolute atomic E-state index is 0.161. The number of hydrogen-bond donors (Lipinski definition) is 2. The maximum atomic E-state index is 12.0. The zero-order valence-electron chi connectivity index (χ0n) is 11.4. The first-order chi connectivity index (χ1) is 8.88. The van der Waals surface area contributed by atoms with E-state index >= 15 is 0 Å². The first-order valence-corrected chi connectivity index (χ1v) is 7.25. The van der Waals surface area contributed by atoms with Crippen molar-refractivity contribution in [2.24, 2.45) is 5.41 Å². The van der Waals surface area contributed by atoms with Gasteiger partial charge in [-0.25, -0.2) is 0 Å². The zero-order chi connectivity index (χ0) is 14.5. The Morgan fingerprint density at radius 3 is 2.53 bits per heavy atom. The normalized spacial score (nSPS) is 11.1. The fraction of sp³-hybridized carbons (Fsp3) is 0.429. The van der Waals surface area contributed by atoms with Gasteiger partial charge < -0.3 is 10.4 Å². The zero-order valence-corrected chi connectivity index (χ0v) is 12.2. The summed E-state index contributed by atoms with van der Waals surface area (Å²) in [7, 11) is 0. The van der Waals surface area contributed by atoms with Gasteiger partial charge in [0.15, 0.2) is 0 Å². The van der Waals surface area contributed by atoms with Gasteiger partial charge in [0.25, 0.3) is 5.91 Å². The molecule has 0 spiro atoms. The molecule has 0 saturated carbocycles. The van der Waals surface area contributed by atoms with E-state index in [1.165, 1.54) is 11.8 Å². The number of amides is 1. The van der Waals surface area contributed by atoms with Gasteiger partial charge in [-0.1, -0.05) is 12.1 Å². The average Bonchev–Trinajstić information content (AvgIpc) is 2.38. The summed E-state index contributed by atoms with van der Waals surface area (Å²) in [5.74, 6) is -1.02. The van der Waals surface area contributed by atoms with Crippen molar-refractivity contribution in [2.45, 2.75) is 25.2 Å². The van der Waals surface area contributed by atoms with E-state index < -0.39 is 11.4 Å². The number of rotatable bonds is 6. The summed E-state index contributed by atoms with van der Waals surface area (Å²) in [5.41, 5.74) is -0.199. The van der Waals surface area contributed by atoms with E-state index in [1.54, 1.807) is 19.9 Å². The first-order valence-electron chi connectivity index (χ1n) is 6.03. The minimum atomic E-state index is -0.855. The van der Waals surface area contributed by atoms with Crippen LogP contribution in [0.3, 0.4) is 0 Å². The number of thioether (sulfide) groups is 1. The van der Waals surface area contributed by atoms with Crippen LogP contribution in [0.2, 0.25) is 0 Å². The molecule has 4 nitrogen and oxygen atoms in total. The molecule has 1 aromatic carbocycles. The maximum Gasteiger partial charge on any atom is 0.309 e. The van der Waals surface area contributed by atoms with Gasteiger partial charge in [0.2, 0.25) is 0 Å². The molecule has 0 saturated heterocycles. The number of benzene rings is 1. The number of carboxylic acids is 1. The Morgan fingerprint density at radius 1 is 1.32 bits per heavy atom. The highest BCUT2D eigenvalue weighted by Crippen LogP contribution is 2.21. The molecule has 0 unspecified atom stereocenters. The summed E-state index contributed by atoms with van der Waals surface area (Å²) in [5, 5.41) is 11.8. The second-order valence-electron chi connectivity index (χ2n) is 4.90. The third-order valence-corrected chi connectivity index (χ3v) is 3.76. The smallest absolute Gasteiger partial charge is 0.309 e. The molecule has 0 aliphatic carbocycles. The van der Waals surface area contributed by atoms with Gasteiger partial charge in [-0.05, 0) is 38.7 Å². The van der Waals surface area contributed by atoms with Crippen LogP contribution < -0.4 is 5.32 Å². The fourth-order valence-electron chi connectivity index (χ4n) is 1.52. The van der Waals surface area contributed by atoms with Gasteiger partial charge in [-0.15, -0.1) is 11.8 Å². The largest absolute Gasteiger partial charge is 0.481 e. The van der Waals surface area contributed by atoms with Crippen LogP contribution in [0, 0.1) is 5.41 Å². The molecule has 0 aromatic heterocycles. The maximum absolute atomic E-state index is 12.0. The first kappa shape index (κ1) is 15.6. The summed E-state index contributed by atoms with van der Waals surface area (Å²) < 4.78 is 0. The molecule has 0 radical (unpaired) electrons. The van der Waals surface area contributed by atoms with Crippen LogP contribution in [0.25, 0.3) is 0 Å². The molecule has 0 heterocycles. The number of carbonyl (C=O) groups excluding carboxylic acids is 1. The van der Waals surface area contributed by atoms with E-state index in [9.17, 15) is 9.59 Å². The van der Waals surface area contributed by atoms with Crippen LogP contribution in [-0.2, 0) is 4.79 Å². The van der Waals surface area contributed by atoms with Crippen LogP contribution in [0.5, 0.6) is 0 Å². The molecule has 1 aromatic rings. The summed E-state index contributed by atoms with van der Waals surface area (Å²) in [4.78, 5) is 23.9. The molecule has 1 amide bonds. The van der Waals surface area contributed by atoms with Gasteiger partial charge in [0.1, 0.15) is 0 Å². The summed E-state index contributed by atoms with van der Waals surface area (Å²) >= 11 is 1.51. The van der Waals surface area contributed by atoms with E-state index in [4.69, 9.17) is 5.11 Å². The highest BCUT2D eigenvalue weighted by molar-refractivity contribution is 7.98. The van der Waals surface area contributed by atoms with Gasteiger partial charge in [0, 0.05) is 11.4 Å². The Kier molecular flexibility index (Phi) is 5.42. The Balaban J connectivity index is 2.59. The number of hydrogen-bond acceptors (Lipinski definition) is 3. The lowest BCUT2D eigenvalue weighted by Crippen LogP contribution is -2.32. The molecule has 1 rings (SSSR count). The quantitative estimate of drug-likeness (QED) is 0.787. The number of nitrogens with one attached hydrogen (secondary N) is 1. The highest BCUT2D eigenvalue weighted by atomic mass is 32.2. The SMILES string of the molecule is CSc1ccccc1C(=O)NCCC(C)(C)C(=O)O. The molecular weight excluding hydrogens is 262 g/mol. The molecule has 0 fully saturated rings. The summed E-state index contributed by atoms with van der Waals surface area (Å²) in [6.45, 7) is 3.65. The molecule has 5 heteroatoms. The second-order valence-corrected chi connectivity index (χ2v) is 5.74. The Hall–Kier alpha value is -1.49. The molecule has 0 aliphatic heterocycles. The van der Waals surface area contributed by atoms with Gasteiger partial charge >= 0.3 is 5.97 Å². The molecule has 0 bridgehead atoms. The topological polar surface area (TPSA) is 66.4 Å². The third-order valence-electron chi connectivity index (χ3n) is 2.97. The van der Waals surface area contributed by atoms with E-state index in [-0.39, 0.29) is 5.91 Å². The molecule has 0 aliphatic rings. The Bertz CT molecular complexity index is 472. The Morgan fingerprint density at radius 2 is 1.95 bits per heavy atom. The molecule has 19 heavy (non-hydrogen) atoms. The number of aliphatic carboxylic acids is 1. The lowest BCUT2D eigenvalue weighted by atomic mass is 9.90. The number of carboxylic acid groups (broad SMARTS) is 1.